The van der Waals surface area contributed by atoms with Gasteiger partial charge in [-0.05, 0) is 6.07 Å². The molecule has 0 unspecified atom stereocenters. The highest BCUT2D eigenvalue weighted by atomic mass is 16.6. The summed E-state index contributed by atoms with van der Waals surface area (Å²) in [5.74, 6) is -1.28. The SMILES string of the molecule is Cn1c([O-])c([N+]#N)c(=NN=Cc2ccc([N+](=O)[O-])o2)n(C)c1=O. The molecule has 0 radical (unpaired) electrons. The number of diazo groups is 1. The van der Waals surface area contributed by atoms with Crippen LogP contribution in [-0.4, -0.2) is 20.3 Å². The van der Waals surface area contributed by atoms with Gasteiger partial charge in [0, 0.05) is 14.1 Å². The highest BCUT2D eigenvalue weighted by Crippen LogP contribution is 2.15. The van der Waals surface area contributed by atoms with Crippen LogP contribution < -0.4 is 16.3 Å². The summed E-state index contributed by atoms with van der Waals surface area (Å²) in [6.07, 6.45) is 1.04. The van der Waals surface area contributed by atoms with E-state index in [0.717, 1.165) is 21.4 Å². The summed E-state index contributed by atoms with van der Waals surface area (Å²) >= 11 is 0. The lowest BCUT2D eigenvalue weighted by Gasteiger charge is -2.09. The first-order chi connectivity index (χ1) is 10.9. The number of hydrogen-bond acceptors (Lipinski definition) is 8. The highest BCUT2D eigenvalue weighted by Gasteiger charge is 2.18. The molecule has 0 bridgehead atoms. The molecule has 0 saturated carbocycles. The van der Waals surface area contributed by atoms with E-state index in [0.29, 0.717) is 0 Å². The van der Waals surface area contributed by atoms with Crippen LogP contribution in [0.4, 0.5) is 11.6 Å². The fraction of sp³-hybridized carbons (Fsp3) is 0.182. The Bertz CT molecular complexity index is 972. The van der Waals surface area contributed by atoms with E-state index in [1.807, 2.05) is 0 Å². The topological polar surface area (TPSA) is 159 Å². The Balaban J connectivity index is 2.51. The van der Waals surface area contributed by atoms with Gasteiger partial charge in [-0.3, -0.25) is 14.7 Å². The smallest absolute Gasteiger partial charge is 0.437 e. The van der Waals surface area contributed by atoms with E-state index in [9.17, 15) is 20.0 Å². The van der Waals surface area contributed by atoms with Gasteiger partial charge in [-0.1, -0.05) is 0 Å². The first-order valence-electron chi connectivity index (χ1n) is 6.00. The van der Waals surface area contributed by atoms with Crippen LogP contribution in [0.1, 0.15) is 5.76 Å². The molecule has 0 atom stereocenters. The number of nitrogens with zero attached hydrogens (tertiary/aromatic N) is 7. The third-order valence-corrected chi connectivity index (χ3v) is 2.84. The monoisotopic (exact) mass is 319 g/mol. The second-order valence-electron chi connectivity index (χ2n) is 4.26. The first-order valence-corrected chi connectivity index (χ1v) is 6.00. The average Bonchev–Trinajstić information content (AvgIpc) is 2.99. The normalized spacial score (nSPS) is 11.8. The molecular formula is C11H9N7O5. The van der Waals surface area contributed by atoms with Crippen LogP contribution in [0, 0.1) is 15.5 Å². The zero-order valence-electron chi connectivity index (χ0n) is 11.9. The van der Waals surface area contributed by atoms with Gasteiger partial charge < -0.3 is 14.1 Å². The van der Waals surface area contributed by atoms with E-state index < -0.39 is 28.1 Å². The highest BCUT2D eigenvalue weighted by molar-refractivity contribution is 5.76. The van der Waals surface area contributed by atoms with Gasteiger partial charge in [0.15, 0.2) is 10.7 Å². The second-order valence-corrected chi connectivity index (χ2v) is 4.26. The summed E-state index contributed by atoms with van der Waals surface area (Å²) in [6.45, 7) is 0. The van der Waals surface area contributed by atoms with Crippen LogP contribution in [0.15, 0.2) is 31.5 Å². The second kappa shape index (κ2) is 5.93. The van der Waals surface area contributed by atoms with E-state index >= 15 is 0 Å². The summed E-state index contributed by atoms with van der Waals surface area (Å²) in [5, 5.41) is 38.4. The summed E-state index contributed by atoms with van der Waals surface area (Å²) in [7, 11) is 2.52. The van der Waals surface area contributed by atoms with Crippen LogP contribution in [0.3, 0.4) is 0 Å². The summed E-state index contributed by atoms with van der Waals surface area (Å²) in [6, 6.07) is 2.42. The van der Waals surface area contributed by atoms with E-state index in [1.165, 1.54) is 20.2 Å². The van der Waals surface area contributed by atoms with E-state index in [-0.39, 0.29) is 11.2 Å². The van der Waals surface area contributed by atoms with Crippen molar-refractivity contribution in [3.05, 3.63) is 49.0 Å². The average molecular weight is 319 g/mol. The quantitative estimate of drug-likeness (QED) is 0.327. The van der Waals surface area contributed by atoms with Crippen LogP contribution in [0.25, 0.3) is 4.98 Å². The van der Waals surface area contributed by atoms with Gasteiger partial charge >= 0.3 is 17.3 Å². The molecule has 2 aromatic heterocycles. The zero-order chi connectivity index (χ0) is 17.1. The minimum absolute atomic E-state index is 0.0387. The Hall–Kier alpha value is -3.75. The Morgan fingerprint density at radius 1 is 1.39 bits per heavy atom. The molecule has 0 N–H and O–H groups in total. The fourth-order valence-corrected chi connectivity index (χ4v) is 1.67. The molecule has 0 aliphatic carbocycles. The van der Waals surface area contributed by atoms with Crippen LogP contribution in [0.2, 0.25) is 0 Å². The van der Waals surface area contributed by atoms with Crippen molar-refractivity contribution >= 4 is 17.8 Å². The Labute approximate surface area is 127 Å². The summed E-state index contributed by atoms with van der Waals surface area (Å²) in [5.41, 5.74) is -1.44. The predicted octanol–water partition coefficient (Wildman–Crippen LogP) is -0.282. The van der Waals surface area contributed by atoms with Crippen molar-refractivity contribution in [2.24, 2.45) is 24.3 Å². The third kappa shape index (κ3) is 2.83. The lowest BCUT2D eigenvalue weighted by molar-refractivity contribution is -0.402. The van der Waals surface area contributed by atoms with Crippen LogP contribution in [0.5, 0.6) is 5.88 Å². The fourth-order valence-electron chi connectivity index (χ4n) is 1.67. The maximum absolute atomic E-state index is 11.8. The minimum atomic E-state index is -0.849. The molecule has 0 spiro atoms. The molecule has 2 rings (SSSR count). The lowest BCUT2D eigenvalue weighted by atomic mass is 10.5. The van der Waals surface area contributed by atoms with Gasteiger partial charge in [-0.25, -0.2) is 4.79 Å². The maximum Gasteiger partial charge on any atom is 0.437 e. The van der Waals surface area contributed by atoms with E-state index in [4.69, 9.17) is 9.81 Å². The Kier molecular flexibility index (Phi) is 4.03. The van der Waals surface area contributed by atoms with Gasteiger partial charge in [0.2, 0.25) is 5.39 Å². The molecule has 0 saturated heterocycles. The van der Waals surface area contributed by atoms with Crippen molar-refractivity contribution in [3.8, 4) is 5.88 Å². The van der Waals surface area contributed by atoms with E-state index in [1.54, 1.807) is 0 Å². The molecule has 2 heterocycles. The number of nitro groups is 1. The molecule has 12 nitrogen and oxygen atoms in total. The number of rotatable bonds is 3. The maximum atomic E-state index is 11.8. The third-order valence-electron chi connectivity index (χ3n) is 2.84. The predicted molar refractivity (Wildman–Crippen MR) is 73.4 cm³/mol. The molecule has 12 heteroatoms. The molecule has 0 amide bonds. The van der Waals surface area contributed by atoms with Crippen LogP contribution in [-0.2, 0) is 14.1 Å². The molecule has 0 fully saturated rings. The van der Waals surface area contributed by atoms with Crippen molar-refractivity contribution in [1.82, 2.24) is 9.13 Å². The summed E-state index contributed by atoms with van der Waals surface area (Å²) < 4.78 is 6.52. The molecule has 0 aromatic carbocycles. The number of furan rings is 1. The summed E-state index contributed by atoms with van der Waals surface area (Å²) in [4.78, 5) is 24.4. The van der Waals surface area contributed by atoms with Gasteiger partial charge in [0.1, 0.15) is 4.92 Å². The zero-order valence-corrected chi connectivity index (χ0v) is 11.9. The molecular weight excluding hydrogens is 310 g/mol. The lowest BCUT2D eigenvalue weighted by Crippen LogP contribution is -2.38. The molecule has 23 heavy (non-hydrogen) atoms. The van der Waals surface area contributed by atoms with E-state index in [2.05, 4.69) is 15.2 Å². The number of aromatic nitrogens is 2. The molecule has 0 aliphatic heterocycles. The largest absolute Gasteiger partial charge is 0.854 e. The molecule has 2 aromatic rings. The molecule has 118 valence electrons. The first kappa shape index (κ1) is 15.6. The van der Waals surface area contributed by atoms with Crippen molar-refractivity contribution in [2.45, 2.75) is 0 Å². The van der Waals surface area contributed by atoms with Crippen molar-refractivity contribution in [3.63, 3.8) is 0 Å². The van der Waals surface area contributed by atoms with Gasteiger partial charge in [0.25, 0.3) is 5.49 Å². The minimum Gasteiger partial charge on any atom is -0.854 e. The Morgan fingerprint density at radius 3 is 2.65 bits per heavy atom. The van der Waals surface area contributed by atoms with Gasteiger partial charge in [-0.2, -0.15) is 5.10 Å². The van der Waals surface area contributed by atoms with Crippen molar-refractivity contribution in [2.75, 3.05) is 0 Å². The number of hydrogen-bond donors (Lipinski definition) is 0. The van der Waals surface area contributed by atoms with Gasteiger partial charge in [0.05, 0.1) is 18.2 Å². The Morgan fingerprint density at radius 2 is 2.09 bits per heavy atom. The van der Waals surface area contributed by atoms with Crippen molar-refractivity contribution < 1.29 is 14.4 Å². The molecule has 0 aliphatic rings. The van der Waals surface area contributed by atoms with Gasteiger partial charge in [-0.15, -0.1) is 5.10 Å². The van der Waals surface area contributed by atoms with Crippen molar-refractivity contribution in [1.29, 1.82) is 5.39 Å². The van der Waals surface area contributed by atoms with Crippen LogP contribution >= 0.6 is 0 Å². The standard InChI is InChI=1S/C11H9N7O5/c1-16-9(8(14-12)10(19)17(2)11(16)20)15-13-5-6-3-4-7(23-6)18(21)22/h3-5H,1-2H3.